The van der Waals surface area contributed by atoms with Crippen LogP contribution in [0.2, 0.25) is 5.02 Å². The van der Waals surface area contributed by atoms with Crippen molar-refractivity contribution >= 4 is 43.8 Å². The summed E-state index contributed by atoms with van der Waals surface area (Å²) in [6.45, 7) is 0. The molecule has 0 spiro atoms. The highest BCUT2D eigenvalue weighted by molar-refractivity contribution is 9.10. The molecule has 7 heteroatoms. The Morgan fingerprint density at radius 3 is 2.03 bits per heavy atom. The van der Waals surface area contributed by atoms with E-state index in [1.54, 1.807) is 28.4 Å². The van der Waals surface area contributed by atoms with Crippen molar-refractivity contribution in [2.75, 3.05) is 28.4 Å². The molecule has 5 aromatic rings. The summed E-state index contributed by atoms with van der Waals surface area (Å²) < 4.78 is 25.3. The van der Waals surface area contributed by atoms with E-state index < -0.39 is 0 Å². The van der Waals surface area contributed by atoms with Gasteiger partial charge < -0.3 is 23.3 Å². The van der Waals surface area contributed by atoms with E-state index in [0.29, 0.717) is 28.0 Å². The minimum absolute atomic E-state index is 0.634. The van der Waals surface area contributed by atoms with Crippen LogP contribution in [-0.2, 0) is 0 Å². The van der Waals surface area contributed by atoms with Crippen molar-refractivity contribution in [1.29, 1.82) is 0 Å². The number of methoxy groups -OCH3 is 4. The summed E-state index contributed by atoms with van der Waals surface area (Å²) in [5.41, 5.74) is 4.88. The lowest BCUT2D eigenvalue weighted by Crippen LogP contribution is -1.94. The number of ether oxygens (including phenoxy) is 4. The fourth-order valence-corrected chi connectivity index (χ4v) is 5.27. The molecule has 0 aliphatic heterocycles. The molecule has 2 heterocycles. The van der Waals surface area contributed by atoms with Gasteiger partial charge in [-0.15, -0.1) is 0 Å². The molecular weight excluding hydrogens is 530 g/mol. The van der Waals surface area contributed by atoms with Crippen molar-refractivity contribution in [1.82, 2.24) is 4.40 Å². The maximum Gasteiger partial charge on any atom is 0.161 e. The second kappa shape index (κ2) is 9.36. The smallest absolute Gasteiger partial charge is 0.161 e. The molecule has 0 aliphatic rings. The Balaban J connectivity index is 1.96. The summed E-state index contributed by atoms with van der Waals surface area (Å²) in [5, 5.41) is 2.71. The van der Waals surface area contributed by atoms with Crippen LogP contribution in [-0.4, -0.2) is 32.8 Å². The number of pyridine rings is 1. The Bertz CT molecular complexity index is 1580. The number of halogens is 2. The maximum absolute atomic E-state index is 6.70. The van der Waals surface area contributed by atoms with Crippen LogP contribution >= 0.6 is 27.5 Å². The van der Waals surface area contributed by atoms with E-state index in [0.717, 1.165) is 43.0 Å². The van der Waals surface area contributed by atoms with Gasteiger partial charge >= 0.3 is 0 Å². The molecule has 5 nitrogen and oxygen atoms in total. The molecule has 2 aromatic heterocycles. The summed E-state index contributed by atoms with van der Waals surface area (Å²) in [6.07, 6.45) is 4.15. The molecule has 5 rings (SSSR count). The van der Waals surface area contributed by atoms with Crippen LogP contribution in [0.4, 0.5) is 0 Å². The number of fused-ring (bicyclic) bond motifs is 3. The first-order chi connectivity index (χ1) is 17.0. The van der Waals surface area contributed by atoms with E-state index in [2.05, 4.69) is 32.6 Å². The van der Waals surface area contributed by atoms with E-state index >= 15 is 0 Å². The largest absolute Gasteiger partial charge is 0.493 e. The molecule has 0 aliphatic carbocycles. The van der Waals surface area contributed by atoms with Gasteiger partial charge in [-0.05, 0) is 41.8 Å². The molecule has 0 saturated carbocycles. The number of hydrogen-bond acceptors (Lipinski definition) is 4. The monoisotopic (exact) mass is 551 g/mol. The minimum Gasteiger partial charge on any atom is -0.493 e. The predicted molar refractivity (Wildman–Crippen MR) is 145 cm³/mol. The summed E-state index contributed by atoms with van der Waals surface area (Å²) in [4.78, 5) is 0. The number of aromatic nitrogens is 1. The molecule has 0 fully saturated rings. The highest BCUT2D eigenvalue weighted by Gasteiger charge is 2.23. The van der Waals surface area contributed by atoms with Crippen molar-refractivity contribution in [3.8, 4) is 45.3 Å². The fraction of sp³-hybridized carbons (Fsp3) is 0.143. The Morgan fingerprint density at radius 2 is 1.34 bits per heavy atom. The van der Waals surface area contributed by atoms with Gasteiger partial charge in [-0.25, -0.2) is 0 Å². The van der Waals surface area contributed by atoms with Gasteiger partial charge in [-0.3, -0.25) is 0 Å². The molecule has 3 aromatic carbocycles. The zero-order valence-corrected chi connectivity index (χ0v) is 22.0. The molecule has 178 valence electrons. The second-order valence-electron chi connectivity index (χ2n) is 7.95. The highest BCUT2D eigenvalue weighted by atomic mass is 79.9. The van der Waals surface area contributed by atoms with Crippen molar-refractivity contribution in [2.24, 2.45) is 0 Å². The van der Waals surface area contributed by atoms with Gasteiger partial charge in [0, 0.05) is 49.5 Å². The lowest BCUT2D eigenvalue weighted by molar-refractivity contribution is 0.355. The Morgan fingerprint density at radius 1 is 0.714 bits per heavy atom. The van der Waals surface area contributed by atoms with E-state index in [-0.39, 0.29) is 0 Å². The zero-order chi connectivity index (χ0) is 24.7. The van der Waals surface area contributed by atoms with Crippen molar-refractivity contribution in [2.45, 2.75) is 0 Å². The lowest BCUT2D eigenvalue weighted by atomic mass is 9.95. The van der Waals surface area contributed by atoms with Crippen molar-refractivity contribution in [3.05, 3.63) is 76.5 Å². The van der Waals surface area contributed by atoms with E-state index in [9.17, 15) is 0 Å². The number of rotatable bonds is 6. The van der Waals surface area contributed by atoms with Gasteiger partial charge in [0.2, 0.25) is 0 Å². The number of hydrogen-bond donors (Lipinski definition) is 0. The first kappa shape index (κ1) is 23.4. The Labute approximate surface area is 216 Å². The third-order valence-corrected chi connectivity index (χ3v) is 7.15. The van der Waals surface area contributed by atoms with Crippen molar-refractivity contribution in [3.63, 3.8) is 0 Å². The molecule has 0 unspecified atom stereocenters. The Hall–Kier alpha value is -3.35. The van der Waals surface area contributed by atoms with Gasteiger partial charge in [0.15, 0.2) is 23.0 Å². The molecule has 0 radical (unpaired) electrons. The molecule has 0 atom stereocenters. The van der Waals surface area contributed by atoms with E-state index in [4.69, 9.17) is 30.5 Å². The van der Waals surface area contributed by atoms with Gasteiger partial charge in [0.1, 0.15) is 0 Å². The molecule has 0 bridgehead atoms. The SMILES string of the molecule is COc1cc(Br)c(-c2c(-c3ccccc3Cl)cn3ccc4cc(OC)c(OC)cc4c23)cc1OC. The van der Waals surface area contributed by atoms with Gasteiger partial charge in [-0.2, -0.15) is 0 Å². The maximum atomic E-state index is 6.70. The van der Waals surface area contributed by atoms with Crippen LogP contribution < -0.4 is 18.9 Å². The predicted octanol–water partition coefficient (Wildman–Crippen LogP) is 7.88. The van der Waals surface area contributed by atoms with Gasteiger partial charge in [-0.1, -0.05) is 45.7 Å². The van der Waals surface area contributed by atoms with Gasteiger partial charge in [0.05, 0.1) is 34.0 Å². The van der Waals surface area contributed by atoms with Crippen LogP contribution in [0.3, 0.4) is 0 Å². The molecule has 0 amide bonds. The first-order valence-corrected chi connectivity index (χ1v) is 12.0. The normalized spacial score (nSPS) is 11.1. The molecule has 0 saturated heterocycles. The first-order valence-electron chi connectivity index (χ1n) is 10.9. The van der Waals surface area contributed by atoms with Gasteiger partial charge in [0.25, 0.3) is 0 Å². The summed E-state index contributed by atoms with van der Waals surface area (Å²) in [5.74, 6) is 2.61. The summed E-state index contributed by atoms with van der Waals surface area (Å²) in [7, 11) is 6.54. The van der Waals surface area contributed by atoms with Crippen LogP contribution in [0, 0.1) is 0 Å². The van der Waals surface area contributed by atoms with Crippen LogP contribution in [0.5, 0.6) is 23.0 Å². The minimum atomic E-state index is 0.634. The Kier molecular flexibility index (Phi) is 6.26. The average molecular weight is 553 g/mol. The molecule has 0 N–H and O–H groups in total. The third-order valence-electron chi connectivity index (χ3n) is 6.16. The standard InChI is InChI=1S/C28H23BrClNO4/c1-32-23-11-16-9-10-31-15-20(17-7-5-6-8-22(17)30)27(28(31)18(16)12-24(23)33-2)19-13-25(34-3)26(35-4)14-21(19)29/h5-15H,1-4H3. The quantitative estimate of drug-likeness (QED) is 0.215. The topological polar surface area (TPSA) is 41.3 Å². The number of benzene rings is 3. The fourth-order valence-electron chi connectivity index (χ4n) is 4.52. The number of nitrogens with zero attached hydrogens (tertiary/aromatic N) is 1. The van der Waals surface area contributed by atoms with Crippen LogP contribution in [0.1, 0.15) is 0 Å². The highest BCUT2D eigenvalue weighted by Crippen LogP contribution is 2.48. The van der Waals surface area contributed by atoms with E-state index in [1.165, 1.54) is 0 Å². The molecule has 35 heavy (non-hydrogen) atoms. The third kappa shape index (κ3) is 3.87. The summed E-state index contributed by atoms with van der Waals surface area (Å²) in [6, 6.07) is 17.8. The molecular formula is C28H23BrClNO4. The lowest BCUT2D eigenvalue weighted by Gasteiger charge is -2.15. The average Bonchev–Trinajstić information content (AvgIpc) is 3.27. The second-order valence-corrected chi connectivity index (χ2v) is 9.21. The van der Waals surface area contributed by atoms with Crippen molar-refractivity contribution < 1.29 is 18.9 Å². The summed E-state index contributed by atoms with van der Waals surface area (Å²) >= 11 is 10.5. The van der Waals surface area contributed by atoms with Crippen LogP contribution in [0.15, 0.2) is 71.5 Å². The zero-order valence-electron chi connectivity index (χ0n) is 19.7. The van der Waals surface area contributed by atoms with E-state index in [1.807, 2.05) is 54.7 Å². The van der Waals surface area contributed by atoms with Crippen LogP contribution in [0.25, 0.3) is 38.5 Å².